The maximum absolute atomic E-state index is 12.4. The molecule has 3 rings (SSSR count). The summed E-state index contributed by atoms with van der Waals surface area (Å²) in [7, 11) is 3.12. The van der Waals surface area contributed by atoms with Gasteiger partial charge in [-0.25, -0.2) is 0 Å². The van der Waals surface area contributed by atoms with E-state index in [1.807, 2.05) is 6.07 Å². The number of methoxy groups -OCH3 is 2. The van der Waals surface area contributed by atoms with Crippen LogP contribution in [0, 0.1) is 0 Å². The maximum atomic E-state index is 12.4. The lowest BCUT2D eigenvalue weighted by molar-refractivity contribution is 0.102. The standard InChI is InChI=1S/C18H15ClN2O4/c1-23-15-7-6-11(9-16(15)24-2)14-10-20-25-18(14)21-17(22)12-4-3-5-13(19)8-12/h3-10H,1-2H3,(H,21,22). The molecule has 0 saturated carbocycles. The number of benzene rings is 2. The van der Waals surface area contributed by atoms with Gasteiger partial charge in [-0.05, 0) is 35.9 Å². The molecule has 7 heteroatoms. The number of nitrogens with zero attached hydrogens (tertiary/aromatic N) is 1. The Labute approximate surface area is 149 Å². The molecule has 2 aromatic carbocycles. The molecule has 0 bridgehead atoms. The third-order valence-corrected chi connectivity index (χ3v) is 3.81. The number of halogens is 1. The van der Waals surface area contributed by atoms with E-state index < -0.39 is 0 Å². The van der Waals surface area contributed by atoms with Gasteiger partial charge >= 0.3 is 0 Å². The van der Waals surface area contributed by atoms with E-state index in [0.29, 0.717) is 27.6 Å². The van der Waals surface area contributed by atoms with Crippen molar-refractivity contribution in [3.8, 4) is 22.6 Å². The molecule has 0 atom stereocenters. The number of carbonyl (C=O) groups excluding carboxylic acids is 1. The van der Waals surface area contributed by atoms with Gasteiger partial charge in [-0.15, -0.1) is 0 Å². The first-order valence-corrected chi connectivity index (χ1v) is 7.74. The second kappa shape index (κ2) is 7.27. The van der Waals surface area contributed by atoms with Crippen molar-refractivity contribution in [2.45, 2.75) is 0 Å². The van der Waals surface area contributed by atoms with Crippen LogP contribution < -0.4 is 14.8 Å². The van der Waals surface area contributed by atoms with Gasteiger partial charge in [-0.3, -0.25) is 10.1 Å². The van der Waals surface area contributed by atoms with Crippen molar-refractivity contribution in [1.82, 2.24) is 5.16 Å². The molecule has 1 N–H and O–H groups in total. The molecule has 25 heavy (non-hydrogen) atoms. The van der Waals surface area contributed by atoms with E-state index in [0.717, 1.165) is 5.56 Å². The molecule has 0 aliphatic rings. The Kier molecular flexibility index (Phi) is 4.90. The van der Waals surface area contributed by atoms with Crippen molar-refractivity contribution >= 4 is 23.4 Å². The number of amides is 1. The van der Waals surface area contributed by atoms with Gasteiger partial charge in [0.15, 0.2) is 11.5 Å². The van der Waals surface area contributed by atoms with E-state index in [-0.39, 0.29) is 11.8 Å². The molecular weight excluding hydrogens is 344 g/mol. The molecule has 0 unspecified atom stereocenters. The molecule has 1 aromatic heterocycles. The minimum absolute atomic E-state index is 0.234. The first-order chi connectivity index (χ1) is 12.1. The predicted octanol–water partition coefficient (Wildman–Crippen LogP) is 4.26. The average molecular weight is 359 g/mol. The van der Waals surface area contributed by atoms with Crippen molar-refractivity contribution in [2.75, 3.05) is 19.5 Å². The summed E-state index contributed by atoms with van der Waals surface area (Å²) in [5.41, 5.74) is 1.80. The van der Waals surface area contributed by atoms with Gasteiger partial charge in [0.1, 0.15) is 0 Å². The smallest absolute Gasteiger partial charge is 0.258 e. The van der Waals surface area contributed by atoms with Crippen LogP contribution in [-0.4, -0.2) is 25.3 Å². The van der Waals surface area contributed by atoms with Crippen LogP contribution >= 0.6 is 11.6 Å². The van der Waals surface area contributed by atoms with Gasteiger partial charge in [-0.2, -0.15) is 0 Å². The second-order valence-corrected chi connectivity index (χ2v) is 5.54. The number of nitrogens with one attached hydrogen (secondary N) is 1. The lowest BCUT2D eigenvalue weighted by Gasteiger charge is -2.09. The number of hydrogen-bond acceptors (Lipinski definition) is 5. The summed E-state index contributed by atoms with van der Waals surface area (Å²) in [5.74, 6) is 1.05. The van der Waals surface area contributed by atoms with Crippen LogP contribution in [0.2, 0.25) is 5.02 Å². The molecule has 1 amide bonds. The molecule has 128 valence electrons. The zero-order chi connectivity index (χ0) is 17.8. The number of aromatic nitrogens is 1. The summed E-state index contributed by atoms with van der Waals surface area (Å²) in [6, 6.07) is 12.0. The highest BCUT2D eigenvalue weighted by molar-refractivity contribution is 6.31. The van der Waals surface area contributed by atoms with Gasteiger partial charge in [0.05, 0.1) is 26.0 Å². The second-order valence-electron chi connectivity index (χ2n) is 5.10. The summed E-state index contributed by atoms with van der Waals surface area (Å²) in [4.78, 5) is 12.4. The zero-order valence-corrected chi connectivity index (χ0v) is 14.3. The van der Waals surface area contributed by atoms with Gasteiger partial charge in [0, 0.05) is 10.6 Å². The first-order valence-electron chi connectivity index (χ1n) is 7.36. The Morgan fingerprint density at radius 3 is 2.64 bits per heavy atom. The third-order valence-electron chi connectivity index (χ3n) is 3.58. The Morgan fingerprint density at radius 1 is 1.12 bits per heavy atom. The maximum Gasteiger partial charge on any atom is 0.258 e. The average Bonchev–Trinajstić information content (AvgIpc) is 3.09. The third kappa shape index (κ3) is 3.59. The minimum Gasteiger partial charge on any atom is -0.493 e. The molecule has 0 fully saturated rings. The number of ether oxygens (including phenoxy) is 2. The van der Waals surface area contributed by atoms with Crippen molar-refractivity contribution in [3.63, 3.8) is 0 Å². The number of hydrogen-bond donors (Lipinski definition) is 1. The topological polar surface area (TPSA) is 73.6 Å². The number of carbonyl (C=O) groups is 1. The highest BCUT2D eigenvalue weighted by Crippen LogP contribution is 2.35. The molecule has 0 saturated heterocycles. The summed E-state index contributed by atoms with van der Waals surface area (Å²) < 4.78 is 15.7. The quantitative estimate of drug-likeness (QED) is 0.737. The normalized spacial score (nSPS) is 10.4. The number of anilines is 1. The summed E-state index contributed by atoms with van der Waals surface area (Å²) in [5, 5.41) is 6.95. The zero-order valence-electron chi connectivity index (χ0n) is 13.6. The fourth-order valence-corrected chi connectivity index (χ4v) is 2.53. The Hall–Kier alpha value is -2.99. The monoisotopic (exact) mass is 358 g/mol. The van der Waals surface area contributed by atoms with Crippen LogP contribution in [0.1, 0.15) is 10.4 Å². The molecule has 1 heterocycles. The lowest BCUT2D eigenvalue weighted by Crippen LogP contribution is -2.11. The summed E-state index contributed by atoms with van der Waals surface area (Å²) in [6.45, 7) is 0. The van der Waals surface area contributed by atoms with E-state index in [1.165, 1.54) is 6.20 Å². The van der Waals surface area contributed by atoms with Gasteiger partial charge in [-0.1, -0.05) is 28.9 Å². The van der Waals surface area contributed by atoms with Crippen LogP contribution in [0.25, 0.3) is 11.1 Å². The van der Waals surface area contributed by atoms with Crippen molar-refractivity contribution in [3.05, 3.63) is 59.2 Å². The van der Waals surface area contributed by atoms with Crippen LogP contribution in [0.5, 0.6) is 11.5 Å². The predicted molar refractivity (Wildman–Crippen MR) is 94.4 cm³/mol. The van der Waals surface area contributed by atoms with E-state index in [4.69, 9.17) is 25.6 Å². The molecular formula is C18H15ClN2O4. The summed E-state index contributed by atoms with van der Waals surface area (Å²) >= 11 is 5.92. The van der Waals surface area contributed by atoms with Gasteiger partial charge in [0.25, 0.3) is 5.91 Å². The van der Waals surface area contributed by atoms with E-state index in [2.05, 4.69) is 10.5 Å². The largest absolute Gasteiger partial charge is 0.493 e. The first kappa shape index (κ1) is 16.9. The van der Waals surface area contributed by atoms with Crippen molar-refractivity contribution < 1.29 is 18.8 Å². The van der Waals surface area contributed by atoms with Crippen LogP contribution in [0.15, 0.2) is 53.2 Å². The Morgan fingerprint density at radius 2 is 1.92 bits per heavy atom. The van der Waals surface area contributed by atoms with E-state index >= 15 is 0 Å². The van der Waals surface area contributed by atoms with Crippen LogP contribution in [0.4, 0.5) is 5.88 Å². The molecule has 0 aliphatic carbocycles. The lowest BCUT2D eigenvalue weighted by atomic mass is 10.1. The number of rotatable bonds is 5. The van der Waals surface area contributed by atoms with Crippen molar-refractivity contribution in [2.24, 2.45) is 0 Å². The fourth-order valence-electron chi connectivity index (χ4n) is 2.34. The van der Waals surface area contributed by atoms with E-state index in [9.17, 15) is 4.79 Å². The summed E-state index contributed by atoms with van der Waals surface area (Å²) in [6.07, 6.45) is 1.52. The van der Waals surface area contributed by atoms with Gasteiger partial charge in [0.2, 0.25) is 5.88 Å². The SMILES string of the molecule is COc1ccc(-c2cnoc2NC(=O)c2cccc(Cl)c2)cc1OC. The van der Waals surface area contributed by atoms with Gasteiger partial charge < -0.3 is 14.0 Å². The fraction of sp³-hybridized carbons (Fsp3) is 0.111. The van der Waals surface area contributed by atoms with E-state index in [1.54, 1.807) is 50.6 Å². The Bertz CT molecular complexity index is 908. The molecule has 0 radical (unpaired) electrons. The minimum atomic E-state index is -0.346. The molecule has 0 aliphatic heterocycles. The molecule has 6 nitrogen and oxygen atoms in total. The highest BCUT2D eigenvalue weighted by atomic mass is 35.5. The van der Waals surface area contributed by atoms with Crippen LogP contribution in [0.3, 0.4) is 0 Å². The molecule has 0 spiro atoms. The van der Waals surface area contributed by atoms with Crippen LogP contribution in [-0.2, 0) is 0 Å². The Balaban J connectivity index is 1.89. The molecule has 3 aromatic rings. The highest BCUT2D eigenvalue weighted by Gasteiger charge is 2.16. The van der Waals surface area contributed by atoms with Crippen molar-refractivity contribution in [1.29, 1.82) is 0 Å².